The van der Waals surface area contributed by atoms with Crippen molar-refractivity contribution in [2.75, 3.05) is 0 Å². The molecule has 0 bridgehead atoms. The lowest BCUT2D eigenvalue weighted by Crippen LogP contribution is -2.20. The number of rotatable bonds is 6. The molecule has 0 saturated heterocycles. The minimum atomic E-state index is 0.355. The second-order valence-corrected chi connectivity index (χ2v) is 5.77. The summed E-state index contributed by atoms with van der Waals surface area (Å²) in [5.41, 5.74) is 2.52. The molecule has 1 atom stereocenters. The largest absolute Gasteiger partial charge is 0.306 e. The van der Waals surface area contributed by atoms with Crippen LogP contribution in [0, 0.1) is 0 Å². The fourth-order valence-electron chi connectivity index (χ4n) is 2.21. The highest BCUT2D eigenvalue weighted by molar-refractivity contribution is 6.30. The maximum absolute atomic E-state index is 5.95. The summed E-state index contributed by atoms with van der Waals surface area (Å²) in [6.45, 7) is 3.04. The summed E-state index contributed by atoms with van der Waals surface area (Å²) in [4.78, 5) is 0. The van der Waals surface area contributed by atoms with Gasteiger partial charge < -0.3 is 5.32 Å². The molecule has 0 amide bonds. The standard InChI is InChI=1S/C17H19Cl2N/c1-2-3-17(14-6-10-16(19)11-7-14)20-12-13-4-8-15(18)9-5-13/h4-11,17,20H,2-3,12H2,1H3. The van der Waals surface area contributed by atoms with E-state index in [9.17, 15) is 0 Å². The van der Waals surface area contributed by atoms with Gasteiger partial charge in [-0.1, -0.05) is 60.8 Å². The summed E-state index contributed by atoms with van der Waals surface area (Å²) in [6, 6.07) is 16.4. The van der Waals surface area contributed by atoms with Gasteiger partial charge in [-0.3, -0.25) is 0 Å². The maximum atomic E-state index is 5.95. The van der Waals surface area contributed by atoms with Crippen molar-refractivity contribution in [2.24, 2.45) is 0 Å². The van der Waals surface area contributed by atoms with Crippen molar-refractivity contribution in [3.8, 4) is 0 Å². The third-order valence-electron chi connectivity index (χ3n) is 3.32. The molecule has 0 heterocycles. The summed E-state index contributed by atoms with van der Waals surface area (Å²) in [6.07, 6.45) is 2.25. The Labute approximate surface area is 130 Å². The quantitative estimate of drug-likeness (QED) is 0.730. The minimum Gasteiger partial charge on any atom is -0.306 e. The predicted molar refractivity (Wildman–Crippen MR) is 87.4 cm³/mol. The number of benzene rings is 2. The summed E-state index contributed by atoms with van der Waals surface area (Å²) in [5, 5.41) is 5.16. The van der Waals surface area contributed by atoms with Crippen LogP contribution < -0.4 is 5.32 Å². The number of hydrogen-bond acceptors (Lipinski definition) is 1. The molecule has 1 unspecified atom stereocenters. The van der Waals surface area contributed by atoms with Gasteiger partial charge in [-0.15, -0.1) is 0 Å². The lowest BCUT2D eigenvalue weighted by Gasteiger charge is -2.19. The van der Waals surface area contributed by atoms with E-state index in [4.69, 9.17) is 23.2 Å². The van der Waals surface area contributed by atoms with Crippen LogP contribution >= 0.6 is 23.2 Å². The van der Waals surface area contributed by atoms with E-state index in [-0.39, 0.29) is 0 Å². The highest BCUT2D eigenvalue weighted by atomic mass is 35.5. The van der Waals surface area contributed by atoms with Gasteiger partial charge in [-0.25, -0.2) is 0 Å². The van der Waals surface area contributed by atoms with Crippen molar-refractivity contribution in [3.63, 3.8) is 0 Å². The molecule has 3 heteroatoms. The van der Waals surface area contributed by atoms with E-state index in [1.807, 2.05) is 24.3 Å². The van der Waals surface area contributed by atoms with Crippen LogP contribution in [0.25, 0.3) is 0 Å². The molecule has 0 aromatic heterocycles. The van der Waals surface area contributed by atoms with Gasteiger partial charge in [0.2, 0.25) is 0 Å². The van der Waals surface area contributed by atoms with E-state index in [1.54, 1.807) is 0 Å². The van der Waals surface area contributed by atoms with Crippen molar-refractivity contribution in [3.05, 3.63) is 69.7 Å². The molecule has 2 aromatic rings. The zero-order valence-electron chi connectivity index (χ0n) is 11.6. The summed E-state index contributed by atoms with van der Waals surface area (Å²) >= 11 is 11.9. The van der Waals surface area contributed by atoms with Gasteiger partial charge in [0.15, 0.2) is 0 Å². The van der Waals surface area contributed by atoms with Crippen LogP contribution in [0.5, 0.6) is 0 Å². The topological polar surface area (TPSA) is 12.0 Å². The Morgan fingerprint density at radius 2 is 1.45 bits per heavy atom. The van der Waals surface area contributed by atoms with Crippen LogP contribution in [0.1, 0.15) is 36.9 Å². The van der Waals surface area contributed by atoms with Crippen LogP contribution in [0.2, 0.25) is 10.0 Å². The molecule has 2 aromatic carbocycles. The molecule has 0 radical (unpaired) electrons. The first-order chi connectivity index (χ1) is 9.69. The fraction of sp³-hybridized carbons (Fsp3) is 0.294. The predicted octanol–water partition coefficient (Wildman–Crippen LogP) is 5.62. The van der Waals surface area contributed by atoms with Crippen LogP contribution in [-0.2, 0) is 6.54 Å². The third kappa shape index (κ3) is 4.52. The molecule has 0 spiro atoms. The van der Waals surface area contributed by atoms with E-state index < -0.39 is 0 Å². The van der Waals surface area contributed by atoms with Gasteiger partial charge in [-0.05, 0) is 41.8 Å². The minimum absolute atomic E-state index is 0.355. The second kappa shape index (κ2) is 7.68. The lowest BCUT2D eigenvalue weighted by molar-refractivity contribution is 0.493. The Hall–Kier alpha value is -1.02. The average Bonchev–Trinajstić information content (AvgIpc) is 2.46. The molecule has 2 rings (SSSR count). The van der Waals surface area contributed by atoms with Gasteiger partial charge in [-0.2, -0.15) is 0 Å². The number of hydrogen-bond donors (Lipinski definition) is 1. The van der Waals surface area contributed by atoms with E-state index in [1.165, 1.54) is 11.1 Å². The Morgan fingerprint density at radius 3 is 2.00 bits per heavy atom. The van der Waals surface area contributed by atoms with Crippen molar-refractivity contribution in [1.29, 1.82) is 0 Å². The van der Waals surface area contributed by atoms with Crippen LogP contribution in [0.4, 0.5) is 0 Å². The maximum Gasteiger partial charge on any atom is 0.0406 e. The van der Waals surface area contributed by atoms with E-state index in [0.29, 0.717) is 6.04 Å². The van der Waals surface area contributed by atoms with E-state index >= 15 is 0 Å². The van der Waals surface area contributed by atoms with Gasteiger partial charge in [0.1, 0.15) is 0 Å². The van der Waals surface area contributed by atoms with E-state index in [2.05, 4.69) is 36.5 Å². The van der Waals surface area contributed by atoms with Crippen molar-refractivity contribution < 1.29 is 0 Å². The summed E-state index contributed by atoms with van der Waals surface area (Å²) in [7, 11) is 0. The molecule has 0 aliphatic rings. The number of halogens is 2. The molecule has 106 valence electrons. The highest BCUT2D eigenvalue weighted by Crippen LogP contribution is 2.21. The third-order valence-corrected chi connectivity index (χ3v) is 3.82. The SMILES string of the molecule is CCCC(NCc1ccc(Cl)cc1)c1ccc(Cl)cc1. The molecule has 0 saturated carbocycles. The molecule has 0 aliphatic heterocycles. The second-order valence-electron chi connectivity index (χ2n) is 4.90. The molecular weight excluding hydrogens is 289 g/mol. The number of nitrogens with one attached hydrogen (secondary N) is 1. The van der Waals surface area contributed by atoms with Crippen LogP contribution in [0.3, 0.4) is 0 Å². The monoisotopic (exact) mass is 307 g/mol. The van der Waals surface area contributed by atoms with Gasteiger partial charge in [0, 0.05) is 22.6 Å². The molecule has 1 N–H and O–H groups in total. The first kappa shape index (κ1) is 15.4. The van der Waals surface area contributed by atoms with Crippen molar-refractivity contribution >= 4 is 23.2 Å². The molecule has 0 aliphatic carbocycles. The van der Waals surface area contributed by atoms with Gasteiger partial charge in [0.05, 0.1) is 0 Å². The normalized spacial score (nSPS) is 12.3. The van der Waals surface area contributed by atoms with E-state index in [0.717, 1.165) is 29.4 Å². The first-order valence-electron chi connectivity index (χ1n) is 6.92. The molecule has 20 heavy (non-hydrogen) atoms. The Bertz CT molecular complexity index is 520. The zero-order valence-corrected chi connectivity index (χ0v) is 13.1. The first-order valence-corrected chi connectivity index (χ1v) is 7.68. The summed E-state index contributed by atoms with van der Waals surface area (Å²) in [5.74, 6) is 0. The van der Waals surface area contributed by atoms with Crippen molar-refractivity contribution in [2.45, 2.75) is 32.4 Å². The van der Waals surface area contributed by atoms with Gasteiger partial charge >= 0.3 is 0 Å². The molecule has 0 fully saturated rings. The Balaban J connectivity index is 2.02. The average molecular weight is 308 g/mol. The fourth-order valence-corrected chi connectivity index (χ4v) is 2.47. The zero-order chi connectivity index (χ0) is 14.4. The van der Waals surface area contributed by atoms with Crippen LogP contribution in [0.15, 0.2) is 48.5 Å². The smallest absolute Gasteiger partial charge is 0.0406 e. The van der Waals surface area contributed by atoms with Crippen molar-refractivity contribution in [1.82, 2.24) is 5.32 Å². The van der Waals surface area contributed by atoms with Crippen LogP contribution in [-0.4, -0.2) is 0 Å². The van der Waals surface area contributed by atoms with Gasteiger partial charge in [0.25, 0.3) is 0 Å². The lowest BCUT2D eigenvalue weighted by atomic mass is 10.0. The summed E-state index contributed by atoms with van der Waals surface area (Å²) < 4.78 is 0. The Kier molecular flexibility index (Phi) is 5.90. The highest BCUT2D eigenvalue weighted by Gasteiger charge is 2.09. The Morgan fingerprint density at radius 1 is 0.900 bits per heavy atom. The molecular formula is C17H19Cl2N. The molecule has 1 nitrogen and oxygen atoms in total.